The van der Waals surface area contributed by atoms with Gasteiger partial charge in [-0.05, 0) is 74.4 Å². The van der Waals surface area contributed by atoms with E-state index in [1.54, 1.807) is 12.1 Å². The minimum Gasteiger partial charge on any atom is -0.346 e. The first-order valence-corrected chi connectivity index (χ1v) is 10.9. The lowest BCUT2D eigenvalue weighted by Crippen LogP contribution is -2.19. The van der Waals surface area contributed by atoms with Gasteiger partial charge in [0.25, 0.3) is 5.91 Å². The van der Waals surface area contributed by atoms with Gasteiger partial charge in [-0.3, -0.25) is 4.79 Å². The number of nitrogens with zero attached hydrogens (tertiary/aromatic N) is 2. The van der Waals surface area contributed by atoms with E-state index in [0.717, 1.165) is 11.3 Å². The fraction of sp³-hybridized carbons (Fsp3) is 0.364. The summed E-state index contributed by atoms with van der Waals surface area (Å²) in [5, 5.41) is 4.06. The van der Waals surface area contributed by atoms with Crippen molar-refractivity contribution in [3.05, 3.63) is 57.2 Å². The predicted molar refractivity (Wildman–Crippen MR) is 118 cm³/mol. The highest BCUT2D eigenvalue weighted by Gasteiger charge is 2.25. The van der Waals surface area contributed by atoms with Crippen LogP contribution < -0.4 is 5.32 Å². The highest BCUT2D eigenvalue weighted by molar-refractivity contribution is 8.18. The number of benzene rings is 1. The number of rotatable bonds is 3. The fourth-order valence-corrected chi connectivity index (χ4v) is 5.15. The number of hydrogen-bond acceptors (Lipinski definition) is 3. The first-order chi connectivity index (χ1) is 13.5. The van der Waals surface area contributed by atoms with Crippen LogP contribution in [-0.2, 0) is 4.79 Å². The average Bonchev–Trinajstić information content (AvgIpc) is 3.14. The number of halogens is 1. The molecule has 2 heterocycles. The van der Waals surface area contributed by atoms with Gasteiger partial charge in [0, 0.05) is 22.5 Å². The normalized spacial score (nSPS) is 20.9. The zero-order chi connectivity index (χ0) is 19.7. The van der Waals surface area contributed by atoms with E-state index in [-0.39, 0.29) is 5.91 Å². The second kappa shape index (κ2) is 8.18. The van der Waals surface area contributed by atoms with Crippen molar-refractivity contribution in [3.8, 4) is 0 Å². The van der Waals surface area contributed by atoms with E-state index in [2.05, 4.69) is 34.8 Å². The molecule has 1 saturated carbocycles. The van der Waals surface area contributed by atoms with Gasteiger partial charge in [-0.25, -0.2) is 4.99 Å². The molecule has 1 aliphatic heterocycles. The molecule has 1 aromatic heterocycles. The average molecular weight is 414 g/mol. The van der Waals surface area contributed by atoms with Crippen molar-refractivity contribution in [1.29, 1.82) is 0 Å². The second-order valence-corrected chi connectivity index (χ2v) is 8.92. The standard InChI is InChI=1S/C22H24ClN3OS/c1-14-11-16(15(2)26(14)19-9-4-3-5-10-19)12-20-21(27)25-22(28-20)24-18-8-6-7-17(23)13-18/h6-8,11-13,19H,3-5,9-10H2,1-2H3,(H,24,25,27)/b20-12-. The van der Waals surface area contributed by atoms with Crippen LogP contribution in [0.3, 0.4) is 0 Å². The number of hydrogen-bond donors (Lipinski definition) is 1. The Labute approximate surface area is 175 Å². The molecule has 2 aliphatic rings. The highest BCUT2D eigenvalue weighted by atomic mass is 35.5. The molecule has 2 aromatic rings. The Balaban J connectivity index is 1.58. The number of thioether (sulfide) groups is 1. The molecule has 0 radical (unpaired) electrons. The third-order valence-electron chi connectivity index (χ3n) is 5.44. The quantitative estimate of drug-likeness (QED) is 0.613. The molecule has 0 unspecified atom stereocenters. The summed E-state index contributed by atoms with van der Waals surface area (Å²) in [5.41, 5.74) is 4.36. The molecule has 0 atom stereocenters. The maximum absolute atomic E-state index is 12.4. The Bertz CT molecular complexity index is 970. The molecule has 6 heteroatoms. The predicted octanol–water partition coefficient (Wildman–Crippen LogP) is 6.16. The van der Waals surface area contributed by atoms with Gasteiger partial charge >= 0.3 is 0 Å². The van der Waals surface area contributed by atoms with Crippen LogP contribution in [0, 0.1) is 13.8 Å². The number of aryl methyl sites for hydroxylation is 1. The third-order valence-corrected chi connectivity index (χ3v) is 6.58. The summed E-state index contributed by atoms with van der Waals surface area (Å²) in [7, 11) is 0. The zero-order valence-electron chi connectivity index (χ0n) is 16.2. The largest absolute Gasteiger partial charge is 0.346 e. The molecule has 0 bridgehead atoms. The van der Waals surface area contributed by atoms with Gasteiger partial charge in [-0.15, -0.1) is 0 Å². The van der Waals surface area contributed by atoms with Crippen LogP contribution in [0.2, 0.25) is 5.02 Å². The molecule has 4 nitrogen and oxygen atoms in total. The van der Waals surface area contributed by atoms with Crippen LogP contribution in [0.5, 0.6) is 0 Å². The van der Waals surface area contributed by atoms with Crippen LogP contribution in [0.1, 0.15) is 55.1 Å². The first-order valence-electron chi connectivity index (χ1n) is 9.75. The lowest BCUT2D eigenvalue weighted by Gasteiger charge is -2.26. The molecule has 1 N–H and O–H groups in total. The van der Waals surface area contributed by atoms with Gasteiger partial charge in [0.1, 0.15) is 0 Å². The molecule has 1 saturated heterocycles. The Kier molecular flexibility index (Phi) is 5.65. The van der Waals surface area contributed by atoms with Gasteiger partial charge < -0.3 is 9.88 Å². The van der Waals surface area contributed by atoms with Crippen molar-refractivity contribution in [1.82, 2.24) is 9.88 Å². The van der Waals surface area contributed by atoms with Gasteiger partial charge in [0.05, 0.1) is 10.6 Å². The van der Waals surface area contributed by atoms with Crippen molar-refractivity contribution in [2.24, 2.45) is 4.99 Å². The number of carbonyl (C=O) groups excluding carboxylic acids is 1. The third kappa shape index (κ3) is 4.06. The molecule has 1 amide bonds. The number of aliphatic imine (C=N–C) groups is 1. The maximum atomic E-state index is 12.4. The van der Waals surface area contributed by atoms with Crippen molar-refractivity contribution in [2.75, 3.05) is 0 Å². The van der Waals surface area contributed by atoms with Gasteiger partial charge in [-0.1, -0.05) is 36.9 Å². The molecular weight excluding hydrogens is 390 g/mol. The highest BCUT2D eigenvalue weighted by Crippen LogP contribution is 2.34. The summed E-state index contributed by atoms with van der Waals surface area (Å²) >= 11 is 7.39. The van der Waals surface area contributed by atoms with Crippen molar-refractivity contribution >= 4 is 46.2 Å². The summed E-state index contributed by atoms with van der Waals surface area (Å²) in [6, 6.07) is 10.1. The van der Waals surface area contributed by atoms with Crippen LogP contribution in [-0.4, -0.2) is 15.6 Å². The van der Waals surface area contributed by atoms with Crippen molar-refractivity contribution in [2.45, 2.75) is 52.0 Å². The Morgan fingerprint density at radius 2 is 2.00 bits per heavy atom. The number of nitrogens with one attached hydrogen (secondary N) is 1. The van der Waals surface area contributed by atoms with Gasteiger partial charge in [0.15, 0.2) is 5.17 Å². The Hall–Kier alpha value is -1.98. The van der Waals surface area contributed by atoms with Crippen molar-refractivity contribution in [3.63, 3.8) is 0 Å². The maximum Gasteiger partial charge on any atom is 0.264 e. The van der Waals surface area contributed by atoms with Crippen LogP contribution in [0.25, 0.3) is 6.08 Å². The Morgan fingerprint density at radius 1 is 1.21 bits per heavy atom. The lowest BCUT2D eigenvalue weighted by molar-refractivity contribution is -0.115. The first kappa shape index (κ1) is 19.3. The topological polar surface area (TPSA) is 46.4 Å². The van der Waals surface area contributed by atoms with E-state index in [0.29, 0.717) is 21.1 Å². The van der Waals surface area contributed by atoms with E-state index in [9.17, 15) is 4.79 Å². The molecule has 1 aromatic carbocycles. The van der Waals surface area contributed by atoms with E-state index < -0.39 is 0 Å². The van der Waals surface area contributed by atoms with Crippen molar-refractivity contribution < 1.29 is 4.79 Å². The Morgan fingerprint density at radius 3 is 2.75 bits per heavy atom. The van der Waals surface area contributed by atoms with E-state index in [1.807, 2.05) is 18.2 Å². The molecule has 146 valence electrons. The van der Waals surface area contributed by atoms with E-state index in [1.165, 1.54) is 55.3 Å². The molecule has 1 aliphatic carbocycles. The molecule has 0 spiro atoms. The number of carbonyl (C=O) groups is 1. The minimum absolute atomic E-state index is 0.103. The smallest absolute Gasteiger partial charge is 0.264 e. The minimum atomic E-state index is -0.103. The number of aromatic nitrogens is 1. The molecular formula is C22H24ClN3OS. The summed E-state index contributed by atoms with van der Waals surface area (Å²) in [6.45, 7) is 4.32. The molecule has 4 rings (SSSR count). The summed E-state index contributed by atoms with van der Waals surface area (Å²) in [6.07, 6.45) is 8.44. The zero-order valence-corrected chi connectivity index (χ0v) is 17.7. The summed E-state index contributed by atoms with van der Waals surface area (Å²) in [5.74, 6) is -0.103. The summed E-state index contributed by atoms with van der Waals surface area (Å²) in [4.78, 5) is 17.6. The second-order valence-electron chi connectivity index (χ2n) is 7.45. The van der Waals surface area contributed by atoms with E-state index in [4.69, 9.17) is 11.6 Å². The van der Waals surface area contributed by atoms with Gasteiger partial charge in [-0.2, -0.15) is 0 Å². The van der Waals surface area contributed by atoms with Gasteiger partial charge in [0.2, 0.25) is 0 Å². The van der Waals surface area contributed by atoms with Crippen LogP contribution in [0.4, 0.5) is 5.69 Å². The number of amides is 1. The molecule has 2 fully saturated rings. The monoisotopic (exact) mass is 413 g/mol. The number of amidine groups is 1. The van der Waals surface area contributed by atoms with E-state index >= 15 is 0 Å². The van der Waals surface area contributed by atoms with Crippen LogP contribution in [0.15, 0.2) is 40.2 Å². The van der Waals surface area contributed by atoms with Crippen LogP contribution >= 0.6 is 23.4 Å². The summed E-state index contributed by atoms with van der Waals surface area (Å²) < 4.78 is 2.46. The SMILES string of the molecule is Cc1cc(/C=C2\SC(=Nc3cccc(Cl)c3)NC2=O)c(C)n1C1CCCCC1. The molecule has 28 heavy (non-hydrogen) atoms. The lowest BCUT2D eigenvalue weighted by atomic mass is 9.95. The fourth-order valence-electron chi connectivity index (χ4n) is 4.13.